The molecular formula is C26H38O2. The largest absolute Gasteiger partial charge is 0.225 e. The summed E-state index contributed by atoms with van der Waals surface area (Å²) >= 11 is 0. The summed E-state index contributed by atoms with van der Waals surface area (Å²) in [6.45, 7) is 21.9. The molecule has 2 heteroatoms. The molecule has 0 saturated heterocycles. The van der Waals surface area contributed by atoms with Gasteiger partial charge in [-0.3, -0.25) is 0 Å². The minimum Gasteiger partial charge on any atom is -0.225 e. The SMILES string of the molecule is CC(C)(C)c1cccc(C(C)(C)OOC(C)(C)c2ccccc2)c1C(C)(C)C. The third-order valence-corrected chi connectivity index (χ3v) is 5.20. The molecule has 0 heterocycles. The summed E-state index contributed by atoms with van der Waals surface area (Å²) in [6.07, 6.45) is 0. The predicted octanol–water partition coefficient (Wildman–Crippen LogP) is 7.40. The Balaban J connectivity index is 2.43. The maximum absolute atomic E-state index is 6.14. The van der Waals surface area contributed by atoms with Crippen LogP contribution in [0.3, 0.4) is 0 Å². The van der Waals surface area contributed by atoms with E-state index >= 15 is 0 Å². The van der Waals surface area contributed by atoms with Gasteiger partial charge in [-0.05, 0) is 60.8 Å². The standard InChI is InChI=1S/C26H38O2/c1-23(2,3)20-17-14-18-21(22(20)24(4,5)6)26(9,10)28-27-25(7,8)19-15-12-11-13-16-19/h11-18H,1-10H3. The van der Waals surface area contributed by atoms with E-state index in [-0.39, 0.29) is 10.8 Å². The number of benzene rings is 2. The first-order valence-electron chi connectivity index (χ1n) is 10.2. The second-order valence-electron chi connectivity index (χ2n) is 10.8. The van der Waals surface area contributed by atoms with E-state index in [1.807, 2.05) is 32.0 Å². The average molecular weight is 383 g/mol. The van der Waals surface area contributed by atoms with E-state index in [0.717, 1.165) is 5.56 Å². The first-order valence-corrected chi connectivity index (χ1v) is 10.2. The molecule has 0 amide bonds. The quantitative estimate of drug-likeness (QED) is 0.396. The lowest BCUT2D eigenvalue weighted by atomic mass is 9.71. The van der Waals surface area contributed by atoms with Crippen LogP contribution in [-0.4, -0.2) is 0 Å². The highest BCUT2D eigenvalue weighted by molar-refractivity contribution is 5.46. The molecule has 0 fully saturated rings. The summed E-state index contributed by atoms with van der Waals surface area (Å²) in [5.74, 6) is 0. The van der Waals surface area contributed by atoms with Crippen molar-refractivity contribution in [2.45, 2.75) is 91.3 Å². The van der Waals surface area contributed by atoms with E-state index < -0.39 is 11.2 Å². The van der Waals surface area contributed by atoms with Crippen LogP contribution in [-0.2, 0) is 31.8 Å². The Kier molecular flexibility index (Phi) is 6.19. The van der Waals surface area contributed by atoms with Crippen molar-refractivity contribution in [3.8, 4) is 0 Å². The Labute approximate surface area is 172 Å². The molecule has 2 nitrogen and oxygen atoms in total. The maximum Gasteiger partial charge on any atom is 0.123 e. The van der Waals surface area contributed by atoms with E-state index in [9.17, 15) is 0 Å². The molecule has 0 saturated carbocycles. The van der Waals surface area contributed by atoms with Crippen LogP contribution in [0.1, 0.15) is 91.5 Å². The highest BCUT2D eigenvalue weighted by atomic mass is 17.2. The van der Waals surface area contributed by atoms with E-state index in [0.29, 0.717) is 0 Å². The minimum atomic E-state index is -0.587. The van der Waals surface area contributed by atoms with Crippen molar-refractivity contribution < 1.29 is 9.78 Å². The Morgan fingerprint density at radius 1 is 0.500 bits per heavy atom. The van der Waals surface area contributed by atoms with Gasteiger partial charge in [0.05, 0.1) is 0 Å². The molecule has 0 bridgehead atoms. The Morgan fingerprint density at radius 3 is 1.50 bits per heavy atom. The third kappa shape index (κ3) is 5.04. The van der Waals surface area contributed by atoms with Gasteiger partial charge in [0.2, 0.25) is 0 Å². The summed E-state index contributed by atoms with van der Waals surface area (Å²) in [7, 11) is 0. The van der Waals surface area contributed by atoms with E-state index in [4.69, 9.17) is 9.78 Å². The van der Waals surface area contributed by atoms with Crippen LogP contribution in [0.25, 0.3) is 0 Å². The van der Waals surface area contributed by atoms with Crippen molar-refractivity contribution >= 4 is 0 Å². The molecule has 0 unspecified atom stereocenters. The van der Waals surface area contributed by atoms with Gasteiger partial charge in [0, 0.05) is 0 Å². The van der Waals surface area contributed by atoms with Gasteiger partial charge in [0.25, 0.3) is 0 Å². The lowest BCUT2D eigenvalue weighted by molar-refractivity contribution is -0.410. The fourth-order valence-electron chi connectivity index (χ4n) is 3.63. The maximum atomic E-state index is 6.14. The first-order chi connectivity index (χ1) is 12.7. The van der Waals surface area contributed by atoms with Crippen LogP contribution < -0.4 is 0 Å². The van der Waals surface area contributed by atoms with Crippen LogP contribution >= 0.6 is 0 Å². The summed E-state index contributed by atoms with van der Waals surface area (Å²) in [4.78, 5) is 12.2. The zero-order valence-corrected chi connectivity index (χ0v) is 19.4. The normalized spacial score (nSPS) is 13.6. The van der Waals surface area contributed by atoms with Crippen LogP contribution in [0.5, 0.6) is 0 Å². The molecule has 0 atom stereocenters. The molecule has 2 aromatic rings. The topological polar surface area (TPSA) is 18.5 Å². The molecular weight excluding hydrogens is 344 g/mol. The zero-order chi connectivity index (χ0) is 21.4. The molecule has 0 radical (unpaired) electrons. The van der Waals surface area contributed by atoms with Crippen LogP contribution in [0.2, 0.25) is 0 Å². The van der Waals surface area contributed by atoms with Gasteiger partial charge >= 0.3 is 0 Å². The Bertz CT molecular complexity index is 787. The van der Waals surface area contributed by atoms with Gasteiger partial charge in [-0.25, -0.2) is 9.78 Å². The minimum absolute atomic E-state index is 0.00517. The molecule has 0 aliphatic heterocycles. The molecule has 0 aliphatic carbocycles. The zero-order valence-electron chi connectivity index (χ0n) is 19.4. The Hall–Kier alpha value is -1.64. The van der Waals surface area contributed by atoms with E-state index in [1.54, 1.807) is 0 Å². The second kappa shape index (κ2) is 7.65. The molecule has 0 aliphatic rings. The van der Waals surface area contributed by atoms with Crippen molar-refractivity contribution in [2.24, 2.45) is 0 Å². The molecule has 2 rings (SSSR count). The van der Waals surface area contributed by atoms with E-state index in [1.165, 1.54) is 16.7 Å². The van der Waals surface area contributed by atoms with Crippen molar-refractivity contribution in [3.63, 3.8) is 0 Å². The monoisotopic (exact) mass is 382 g/mol. The molecule has 0 spiro atoms. The van der Waals surface area contributed by atoms with Crippen molar-refractivity contribution in [3.05, 3.63) is 70.8 Å². The fraction of sp³-hybridized carbons (Fsp3) is 0.538. The van der Waals surface area contributed by atoms with Crippen LogP contribution in [0, 0.1) is 0 Å². The summed E-state index contributed by atoms with van der Waals surface area (Å²) in [5, 5.41) is 0. The van der Waals surface area contributed by atoms with Crippen molar-refractivity contribution in [1.29, 1.82) is 0 Å². The molecule has 28 heavy (non-hydrogen) atoms. The number of rotatable bonds is 5. The van der Waals surface area contributed by atoms with Crippen LogP contribution in [0.4, 0.5) is 0 Å². The number of hydrogen-bond donors (Lipinski definition) is 0. The predicted molar refractivity (Wildman–Crippen MR) is 119 cm³/mol. The smallest absolute Gasteiger partial charge is 0.123 e. The van der Waals surface area contributed by atoms with Crippen molar-refractivity contribution in [1.82, 2.24) is 0 Å². The van der Waals surface area contributed by atoms with Gasteiger partial charge in [-0.1, -0.05) is 90.1 Å². The third-order valence-electron chi connectivity index (χ3n) is 5.20. The summed E-state index contributed by atoms with van der Waals surface area (Å²) in [5.41, 5.74) is 3.89. The van der Waals surface area contributed by atoms with Gasteiger partial charge < -0.3 is 0 Å². The lowest BCUT2D eigenvalue weighted by Crippen LogP contribution is -2.33. The van der Waals surface area contributed by atoms with Gasteiger partial charge in [-0.15, -0.1) is 0 Å². The average Bonchev–Trinajstić information content (AvgIpc) is 2.59. The Morgan fingerprint density at radius 2 is 1.00 bits per heavy atom. The molecule has 154 valence electrons. The van der Waals surface area contributed by atoms with Crippen molar-refractivity contribution in [2.75, 3.05) is 0 Å². The van der Waals surface area contributed by atoms with E-state index in [2.05, 4.69) is 85.7 Å². The van der Waals surface area contributed by atoms with Gasteiger partial charge in [-0.2, -0.15) is 0 Å². The summed E-state index contributed by atoms with van der Waals surface area (Å²) in [6, 6.07) is 16.8. The van der Waals surface area contributed by atoms with Gasteiger partial charge in [0.1, 0.15) is 11.2 Å². The fourth-order valence-corrected chi connectivity index (χ4v) is 3.63. The van der Waals surface area contributed by atoms with Gasteiger partial charge in [0.15, 0.2) is 0 Å². The number of hydrogen-bond acceptors (Lipinski definition) is 2. The summed E-state index contributed by atoms with van der Waals surface area (Å²) < 4.78 is 0. The molecule has 0 N–H and O–H groups in total. The van der Waals surface area contributed by atoms with Crippen LogP contribution in [0.15, 0.2) is 48.5 Å². The lowest BCUT2D eigenvalue weighted by Gasteiger charge is -2.38. The highest BCUT2D eigenvalue weighted by Gasteiger charge is 2.36. The molecule has 0 aromatic heterocycles. The second-order valence-corrected chi connectivity index (χ2v) is 10.8. The molecule has 2 aromatic carbocycles. The highest BCUT2D eigenvalue weighted by Crippen LogP contribution is 2.42. The first kappa shape index (κ1) is 22.6.